The van der Waals surface area contributed by atoms with E-state index >= 15 is 0 Å². The van der Waals surface area contributed by atoms with Crippen molar-refractivity contribution in [2.75, 3.05) is 57.3 Å². The maximum Gasteiger partial charge on any atom is 0.246 e. The SMILES string of the molecule is Cc1ncsc1-c1ccc(CNC(=O)C2CC(O)CN2C(=O)C(NC(=O)CCCCNC(=O)CCNCC(C(=O)N2CCN(c3ncnc4c3C(C)CC4O)CC2)c2ccc(Cl)cc2)C(C)(C)C)cc1. The number of nitrogens with one attached hydrogen (secondary N) is 4. The van der Waals surface area contributed by atoms with Crippen LogP contribution in [0.4, 0.5) is 5.82 Å². The standard InChI is InChI=1S/C51H67ClN10O7S/c1-31-24-40(64)44-43(31)47(57-29-56-44)60-20-22-61(23-21-60)49(68)38(34-13-15-36(52)16-14-34)27-53-19-17-41(65)54-18-7-6-8-42(66)59-46(51(3,4)5)50(69)62-28-37(63)25-39(62)48(67)55-26-33-9-11-35(12-10-33)45-32(2)58-30-70-45/h9-16,29-31,37-40,46,53,63-64H,6-8,17-28H2,1-5H3,(H,54,65)(H,55,67)(H,59,66). The Kier molecular flexibility index (Phi) is 17.6. The molecule has 6 N–H and O–H groups in total. The number of amides is 5. The molecule has 2 aromatic carbocycles. The molecule has 17 nitrogen and oxygen atoms in total. The monoisotopic (exact) mass is 998 g/mol. The van der Waals surface area contributed by atoms with E-state index in [-0.39, 0.29) is 61.9 Å². The van der Waals surface area contributed by atoms with Gasteiger partial charge in [-0.3, -0.25) is 24.0 Å². The van der Waals surface area contributed by atoms with Gasteiger partial charge in [-0.1, -0.05) is 75.7 Å². The summed E-state index contributed by atoms with van der Waals surface area (Å²) in [4.78, 5) is 87.4. The van der Waals surface area contributed by atoms with E-state index in [1.807, 2.05) is 74.5 Å². The number of likely N-dealkylation sites (tertiary alicyclic amines) is 1. The molecule has 6 atom stereocenters. The molecule has 70 heavy (non-hydrogen) atoms. The number of anilines is 1. The van der Waals surface area contributed by atoms with E-state index in [0.29, 0.717) is 75.8 Å². The van der Waals surface area contributed by atoms with Crippen LogP contribution in [0.25, 0.3) is 10.4 Å². The highest BCUT2D eigenvalue weighted by Gasteiger charge is 2.44. The number of thiazole rings is 1. The number of hydrogen-bond acceptors (Lipinski definition) is 13. The topological polar surface area (TPSA) is 222 Å². The normalized spacial score (nSPS) is 19.9. The minimum absolute atomic E-state index is 0.0168. The number of benzene rings is 2. The lowest BCUT2D eigenvalue weighted by Crippen LogP contribution is -2.57. The van der Waals surface area contributed by atoms with Crippen molar-refractivity contribution in [2.24, 2.45) is 5.41 Å². The van der Waals surface area contributed by atoms with Crippen molar-refractivity contribution in [3.8, 4) is 10.4 Å². The zero-order valence-corrected chi connectivity index (χ0v) is 42.3. The molecule has 7 rings (SSSR count). The molecule has 0 saturated carbocycles. The second kappa shape index (κ2) is 23.6. The van der Waals surface area contributed by atoms with Gasteiger partial charge in [-0.25, -0.2) is 15.0 Å². The van der Waals surface area contributed by atoms with Gasteiger partial charge in [-0.05, 0) is 66.3 Å². The highest BCUT2D eigenvalue weighted by atomic mass is 35.5. The van der Waals surface area contributed by atoms with Gasteiger partial charge in [0.05, 0.1) is 39.9 Å². The van der Waals surface area contributed by atoms with E-state index in [4.69, 9.17) is 11.6 Å². The molecule has 376 valence electrons. The van der Waals surface area contributed by atoms with Gasteiger partial charge in [-0.15, -0.1) is 11.3 Å². The molecule has 0 spiro atoms. The molecule has 4 aromatic rings. The lowest BCUT2D eigenvalue weighted by Gasteiger charge is -2.38. The Morgan fingerprint density at radius 3 is 2.27 bits per heavy atom. The summed E-state index contributed by atoms with van der Waals surface area (Å²) in [5.74, 6) is -0.820. The summed E-state index contributed by atoms with van der Waals surface area (Å²) in [5.41, 5.74) is 6.52. The third-order valence-corrected chi connectivity index (χ3v) is 14.7. The van der Waals surface area contributed by atoms with E-state index in [9.17, 15) is 34.2 Å². The van der Waals surface area contributed by atoms with E-state index < -0.39 is 41.5 Å². The fourth-order valence-electron chi connectivity index (χ4n) is 9.54. The second-order valence-electron chi connectivity index (χ2n) is 19.8. The first kappa shape index (κ1) is 52.3. The molecule has 3 aliphatic rings. The number of aryl methyl sites for hydroxylation is 1. The van der Waals surface area contributed by atoms with Gasteiger partial charge < -0.3 is 46.2 Å². The van der Waals surface area contributed by atoms with E-state index in [1.54, 1.807) is 23.5 Å². The van der Waals surface area contributed by atoms with Gasteiger partial charge in [0, 0.05) is 88.8 Å². The molecular weight excluding hydrogens is 932 g/mol. The zero-order chi connectivity index (χ0) is 50.1. The molecule has 19 heteroatoms. The smallest absolute Gasteiger partial charge is 0.246 e. The van der Waals surface area contributed by atoms with Crippen LogP contribution in [0.2, 0.25) is 5.02 Å². The van der Waals surface area contributed by atoms with Crippen LogP contribution in [0.3, 0.4) is 0 Å². The van der Waals surface area contributed by atoms with Crippen LogP contribution in [-0.2, 0) is 30.5 Å². The van der Waals surface area contributed by atoms with Gasteiger partial charge >= 0.3 is 0 Å². The first-order valence-corrected chi connectivity index (χ1v) is 25.6. The number of hydrogen-bond donors (Lipinski definition) is 6. The van der Waals surface area contributed by atoms with Crippen LogP contribution in [0, 0.1) is 12.3 Å². The largest absolute Gasteiger partial charge is 0.391 e. The Hall–Kier alpha value is -5.53. The van der Waals surface area contributed by atoms with Crippen molar-refractivity contribution in [1.82, 2.24) is 46.0 Å². The predicted octanol–water partition coefficient (Wildman–Crippen LogP) is 4.61. The number of fused-ring (bicyclic) bond motifs is 1. The summed E-state index contributed by atoms with van der Waals surface area (Å²) in [6.07, 6.45) is 2.08. The maximum atomic E-state index is 14.1. The summed E-state index contributed by atoms with van der Waals surface area (Å²) >= 11 is 7.77. The average molecular weight is 1000 g/mol. The third-order valence-electron chi connectivity index (χ3n) is 13.5. The number of aliphatic hydroxyl groups is 2. The number of aliphatic hydroxyl groups excluding tert-OH is 2. The van der Waals surface area contributed by atoms with E-state index in [2.05, 4.69) is 48.0 Å². The van der Waals surface area contributed by atoms with E-state index in [1.165, 1.54) is 11.2 Å². The first-order valence-electron chi connectivity index (χ1n) is 24.3. The van der Waals surface area contributed by atoms with Crippen molar-refractivity contribution in [3.05, 3.63) is 93.5 Å². The fourth-order valence-corrected chi connectivity index (χ4v) is 10.5. The highest BCUT2D eigenvalue weighted by molar-refractivity contribution is 7.13. The molecule has 2 saturated heterocycles. The summed E-state index contributed by atoms with van der Waals surface area (Å²) in [6.45, 7) is 13.1. The number of halogens is 1. The molecule has 6 unspecified atom stereocenters. The number of unbranched alkanes of at least 4 members (excludes halogenated alkanes) is 1. The first-order chi connectivity index (χ1) is 33.5. The second-order valence-corrected chi connectivity index (χ2v) is 21.1. The Morgan fingerprint density at radius 2 is 1.59 bits per heavy atom. The summed E-state index contributed by atoms with van der Waals surface area (Å²) < 4.78 is 0. The molecular formula is C51H67ClN10O7S. The quantitative estimate of drug-likeness (QED) is 0.0710. The van der Waals surface area contributed by atoms with Gasteiger partial charge in [-0.2, -0.15) is 0 Å². The number of aromatic nitrogens is 3. The molecule has 2 aliphatic heterocycles. The lowest BCUT2D eigenvalue weighted by molar-refractivity contribution is -0.144. The lowest BCUT2D eigenvalue weighted by atomic mass is 9.85. The number of carbonyl (C=O) groups excluding carboxylic acids is 5. The molecule has 1 aliphatic carbocycles. The molecule has 4 heterocycles. The molecule has 5 amide bonds. The number of rotatable bonds is 19. The molecule has 2 aromatic heterocycles. The van der Waals surface area contributed by atoms with Crippen molar-refractivity contribution >= 4 is 58.3 Å². The number of nitrogens with zero attached hydrogens (tertiary/aromatic N) is 6. The Morgan fingerprint density at radius 1 is 0.857 bits per heavy atom. The molecule has 0 bridgehead atoms. The fraction of sp³-hybridized carbons (Fsp3) is 0.529. The summed E-state index contributed by atoms with van der Waals surface area (Å²) in [6, 6.07) is 13.3. The minimum atomic E-state index is -0.938. The minimum Gasteiger partial charge on any atom is -0.391 e. The average Bonchev–Trinajstić information content (AvgIpc) is 4.04. The Balaban J connectivity index is 0.819. The van der Waals surface area contributed by atoms with Crippen molar-refractivity contribution in [1.29, 1.82) is 0 Å². The molecule has 0 radical (unpaired) electrons. The Labute approximate surface area is 419 Å². The van der Waals surface area contributed by atoms with Gasteiger partial charge in [0.2, 0.25) is 29.5 Å². The van der Waals surface area contributed by atoms with Crippen LogP contribution < -0.4 is 26.2 Å². The number of β-amino-alcohol motifs (C(OH)–C–C–N with tert-alkyl or cyclic N) is 1. The van der Waals surface area contributed by atoms with Crippen LogP contribution in [0.5, 0.6) is 0 Å². The van der Waals surface area contributed by atoms with Gasteiger partial charge in [0.25, 0.3) is 0 Å². The van der Waals surface area contributed by atoms with Crippen LogP contribution in [-0.4, -0.2) is 135 Å². The number of carbonyl (C=O) groups is 5. The van der Waals surface area contributed by atoms with Crippen LogP contribution in [0.1, 0.15) is 112 Å². The molecule has 2 fully saturated rings. The van der Waals surface area contributed by atoms with Crippen LogP contribution >= 0.6 is 22.9 Å². The van der Waals surface area contributed by atoms with Crippen LogP contribution in [0.15, 0.2) is 60.4 Å². The maximum absolute atomic E-state index is 14.1. The number of piperazine rings is 1. The third kappa shape index (κ3) is 13.1. The summed E-state index contributed by atoms with van der Waals surface area (Å²) in [5, 5.41) is 33.7. The van der Waals surface area contributed by atoms with Crippen molar-refractivity contribution in [2.45, 2.75) is 116 Å². The summed E-state index contributed by atoms with van der Waals surface area (Å²) in [7, 11) is 0. The van der Waals surface area contributed by atoms with Crippen molar-refractivity contribution in [3.63, 3.8) is 0 Å². The van der Waals surface area contributed by atoms with Gasteiger partial charge in [0.1, 0.15) is 24.2 Å². The van der Waals surface area contributed by atoms with Crippen molar-refractivity contribution < 1.29 is 34.2 Å². The van der Waals surface area contributed by atoms with E-state index in [0.717, 1.165) is 38.6 Å². The zero-order valence-electron chi connectivity index (χ0n) is 40.7. The Bertz CT molecular complexity index is 2460. The highest BCUT2D eigenvalue weighted by Crippen LogP contribution is 2.43. The predicted molar refractivity (Wildman–Crippen MR) is 269 cm³/mol. The van der Waals surface area contributed by atoms with Gasteiger partial charge in [0.15, 0.2) is 0 Å².